The maximum absolute atomic E-state index is 12.4. The Morgan fingerprint density at radius 2 is 1.52 bits per heavy atom. The molecule has 0 saturated heterocycles. The highest BCUT2D eigenvalue weighted by atomic mass is 16.6. The minimum atomic E-state index is -1.55. The number of esters is 2. The second-order valence-electron chi connectivity index (χ2n) is 5.44. The normalized spacial score (nSPS) is 10.4. The molecule has 23 heavy (non-hydrogen) atoms. The molecule has 0 fully saturated rings. The molecular weight excluding hydrogens is 296 g/mol. The number of hydrogen-bond donors (Lipinski definition) is 0. The molecule has 6 heteroatoms. The van der Waals surface area contributed by atoms with Crippen molar-refractivity contribution in [3.05, 3.63) is 0 Å². The number of nitrogens with zero attached hydrogens (tertiary/aromatic N) is 2. The number of nitriles is 2. The number of rotatable bonds is 12. The zero-order valence-corrected chi connectivity index (χ0v) is 14.1. The molecule has 0 saturated carbocycles. The van der Waals surface area contributed by atoms with Crippen molar-refractivity contribution >= 4 is 11.9 Å². The van der Waals surface area contributed by atoms with Crippen LogP contribution in [0.2, 0.25) is 0 Å². The fourth-order valence-corrected chi connectivity index (χ4v) is 2.36. The summed E-state index contributed by atoms with van der Waals surface area (Å²) in [5.74, 6) is -1.43. The minimum absolute atomic E-state index is 0.00647. The number of carbonyl (C=O) groups excluding carboxylic acids is 2. The number of methoxy groups -OCH3 is 1. The van der Waals surface area contributed by atoms with Crippen molar-refractivity contribution in [2.24, 2.45) is 5.41 Å². The van der Waals surface area contributed by atoms with Gasteiger partial charge in [0.25, 0.3) is 0 Å². The molecule has 0 aromatic rings. The highest BCUT2D eigenvalue weighted by Crippen LogP contribution is 2.33. The molecular formula is C17H26N2O4. The number of ether oxygens (including phenoxy) is 2. The average molecular weight is 322 g/mol. The summed E-state index contributed by atoms with van der Waals surface area (Å²) in [6.45, 7) is 2.36. The maximum Gasteiger partial charge on any atom is 0.323 e. The second kappa shape index (κ2) is 12.5. The number of carbonyl (C=O) groups is 2. The van der Waals surface area contributed by atoms with Gasteiger partial charge >= 0.3 is 11.9 Å². The second-order valence-corrected chi connectivity index (χ2v) is 5.44. The van der Waals surface area contributed by atoms with Gasteiger partial charge in [0.1, 0.15) is 0 Å². The first-order valence-electron chi connectivity index (χ1n) is 8.08. The van der Waals surface area contributed by atoms with E-state index < -0.39 is 17.4 Å². The third-order valence-corrected chi connectivity index (χ3v) is 3.78. The van der Waals surface area contributed by atoms with Crippen LogP contribution in [0.15, 0.2) is 0 Å². The number of unbranched alkanes of at least 4 members (excludes halogenated alkanes) is 4. The predicted octanol–water partition coefficient (Wildman–Crippen LogP) is 3.27. The van der Waals surface area contributed by atoms with Gasteiger partial charge in [-0.1, -0.05) is 32.6 Å². The van der Waals surface area contributed by atoms with Gasteiger partial charge in [-0.2, -0.15) is 10.5 Å². The zero-order chi connectivity index (χ0) is 17.6. The first-order valence-corrected chi connectivity index (χ1v) is 8.08. The first kappa shape index (κ1) is 20.9. The Morgan fingerprint density at radius 1 is 0.957 bits per heavy atom. The van der Waals surface area contributed by atoms with Crippen molar-refractivity contribution in [3.8, 4) is 12.1 Å². The smallest absolute Gasteiger partial charge is 0.323 e. The SMILES string of the molecule is CCCCCCCOC(=O)C(CCC#N)(CCC#N)C(=O)OC. The van der Waals surface area contributed by atoms with Crippen molar-refractivity contribution in [1.29, 1.82) is 10.5 Å². The van der Waals surface area contributed by atoms with Crippen LogP contribution >= 0.6 is 0 Å². The van der Waals surface area contributed by atoms with E-state index in [0.717, 1.165) is 32.1 Å². The van der Waals surface area contributed by atoms with E-state index in [1.807, 2.05) is 12.1 Å². The first-order chi connectivity index (χ1) is 11.1. The van der Waals surface area contributed by atoms with E-state index in [-0.39, 0.29) is 32.3 Å². The average Bonchev–Trinajstić information content (AvgIpc) is 2.57. The fraction of sp³-hybridized carbons (Fsp3) is 0.765. The molecule has 0 radical (unpaired) electrons. The standard InChI is InChI=1S/C17H26N2O4/c1-3-4-5-6-7-14-23-16(21)17(10-8-12-18,11-9-13-19)15(20)22-2/h3-11,14H2,1-2H3. The van der Waals surface area contributed by atoms with E-state index >= 15 is 0 Å². The van der Waals surface area contributed by atoms with Gasteiger partial charge in [0.15, 0.2) is 5.41 Å². The highest BCUT2D eigenvalue weighted by Gasteiger charge is 2.47. The fourth-order valence-electron chi connectivity index (χ4n) is 2.36. The van der Waals surface area contributed by atoms with Gasteiger partial charge in [-0.05, 0) is 19.3 Å². The lowest BCUT2D eigenvalue weighted by Crippen LogP contribution is -2.41. The number of hydrogen-bond acceptors (Lipinski definition) is 6. The Balaban J connectivity index is 4.80. The summed E-state index contributed by atoms with van der Waals surface area (Å²) in [6.07, 6.45) is 5.11. The van der Waals surface area contributed by atoms with E-state index in [0.29, 0.717) is 0 Å². The monoisotopic (exact) mass is 322 g/mol. The molecule has 0 N–H and O–H groups in total. The Kier molecular flexibility index (Phi) is 11.3. The van der Waals surface area contributed by atoms with Gasteiger partial charge in [0, 0.05) is 12.8 Å². The highest BCUT2D eigenvalue weighted by molar-refractivity contribution is 6.00. The van der Waals surface area contributed by atoms with Crippen LogP contribution in [-0.2, 0) is 19.1 Å². The molecule has 0 spiro atoms. The summed E-state index contributed by atoms with van der Waals surface area (Å²) >= 11 is 0. The van der Waals surface area contributed by atoms with Crippen LogP contribution < -0.4 is 0 Å². The van der Waals surface area contributed by atoms with Gasteiger partial charge in [0.05, 0.1) is 25.9 Å². The third-order valence-electron chi connectivity index (χ3n) is 3.78. The van der Waals surface area contributed by atoms with Crippen LogP contribution in [0, 0.1) is 28.1 Å². The van der Waals surface area contributed by atoms with Crippen LogP contribution in [-0.4, -0.2) is 25.7 Å². The largest absolute Gasteiger partial charge is 0.468 e. The van der Waals surface area contributed by atoms with Gasteiger partial charge in [-0.25, -0.2) is 0 Å². The van der Waals surface area contributed by atoms with Crippen molar-refractivity contribution in [2.75, 3.05) is 13.7 Å². The molecule has 0 heterocycles. The Hall–Kier alpha value is -2.08. The summed E-state index contributed by atoms with van der Waals surface area (Å²) in [5, 5.41) is 17.5. The Morgan fingerprint density at radius 3 is 2.00 bits per heavy atom. The molecule has 0 amide bonds. The van der Waals surface area contributed by atoms with Crippen molar-refractivity contribution < 1.29 is 19.1 Å². The molecule has 0 unspecified atom stereocenters. The summed E-state index contributed by atoms with van der Waals surface area (Å²) in [5.41, 5.74) is -1.55. The summed E-state index contributed by atoms with van der Waals surface area (Å²) < 4.78 is 9.98. The summed E-state index contributed by atoms with van der Waals surface area (Å²) in [7, 11) is 1.19. The molecule has 0 rings (SSSR count). The Bertz CT molecular complexity index is 430. The predicted molar refractivity (Wildman–Crippen MR) is 83.9 cm³/mol. The maximum atomic E-state index is 12.4. The molecule has 0 aliphatic heterocycles. The zero-order valence-electron chi connectivity index (χ0n) is 14.1. The van der Waals surface area contributed by atoms with Gasteiger partial charge in [-0.15, -0.1) is 0 Å². The molecule has 0 aliphatic rings. The van der Waals surface area contributed by atoms with Crippen molar-refractivity contribution in [3.63, 3.8) is 0 Å². The van der Waals surface area contributed by atoms with E-state index in [2.05, 4.69) is 6.92 Å². The van der Waals surface area contributed by atoms with Crippen LogP contribution in [0.4, 0.5) is 0 Å². The van der Waals surface area contributed by atoms with E-state index in [4.69, 9.17) is 20.0 Å². The van der Waals surface area contributed by atoms with Crippen molar-refractivity contribution in [2.45, 2.75) is 64.7 Å². The quantitative estimate of drug-likeness (QED) is 0.310. The van der Waals surface area contributed by atoms with Crippen LogP contribution in [0.3, 0.4) is 0 Å². The molecule has 0 bridgehead atoms. The van der Waals surface area contributed by atoms with E-state index in [9.17, 15) is 9.59 Å². The lowest BCUT2D eigenvalue weighted by molar-refractivity contribution is -0.172. The van der Waals surface area contributed by atoms with Crippen LogP contribution in [0.1, 0.15) is 64.7 Å². The summed E-state index contributed by atoms with van der Waals surface area (Å²) in [4.78, 5) is 24.5. The molecule has 0 atom stereocenters. The molecule has 128 valence electrons. The van der Waals surface area contributed by atoms with Gasteiger partial charge in [-0.3, -0.25) is 9.59 Å². The molecule has 0 aliphatic carbocycles. The van der Waals surface area contributed by atoms with Gasteiger partial charge < -0.3 is 9.47 Å². The van der Waals surface area contributed by atoms with Crippen molar-refractivity contribution in [1.82, 2.24) is 0 Å². The van der Waals surface area contributed by atoms with E-state index in [1.165, 1.54) is 7.11 Å². The molecule has 0 aromatic carbocycles. The van der Waals surface area contributed by atoms with Crippen LogP contribution in [0.5, 0.6) is 0 Å². The third kappa shape index (κ3) is 7.15. The lowest BCUT2D eigenvalue weighted by atomic mass is 9.79. The Labute approximate surface area is 138 Å². The molecule has 0 aromatic heterocycles. The lowest BCUT2D eigenvalue weighted by Gasteiger charge is -2.27. The minimum Gasteiger partial charge on any atom is -0.468 e. The van der Waals surface area contributed by atoms with Gasteiger partial charge in [0.2, 0.25) is 0 Å². The van der Waals surface area contributed by atoms with Crippen LogP contribution in [0.25, 0.3) is 0 Å². The topological polar surface area (TPSA) is 100 Å². The van der Waals surface area contributed by atoms with E-state index in [1.54, 1.807) is 0 Å². The molecule has 6 nitrogen and oxygen atoms in total. The summed E-state index contributed by atoms with van der Waals surface area (Å²) in [6, 6.07) is 3.85.